The summed E-state index contributed by atoms with van der Waals surface area (Å²) < 4.78 is 7.10. The first-order valence-corrected chi connectivity index (χ1v) is 9.39. The van der Waals surface area contributed by atoms with E-state index in [2.05, 4.69) is 10.4 Å². The first kappa shape index (κ1) is 19.5. The van der Waals surface area contributed by atoms with Crippen molar-refractivity contribution in [1.29, 1.82) is 0 Å². The van der Waals surface area contributed by atoms with Crippen LogP contribution in [0.5, 0.6) is 5.75 Å². The van der Waals surface area contributed by atoms with Gasteiger partial charge in [0.1, 0.15) is 5.75 Å². The predicted molar refractivity (Wildman–Crippen MR) is 110 cm³/mol. The Morgan fingerprint density at radius 1 is 1.21 bits per heavy atom. The van der Waals surface area contributed by atoms with Gasteiger partial charge in [0.05, 0.1) is 25.0 Å². The average molecular weight is 378 g/mol. The molecule has 0 radical (unpaired) electrons. The van der Waals surface area contributed by atoms with Crippen LogP contribution < -0.4 is 10.1 Å². The lowest BCUT2D eigenvalue weighted by molar-refractivity contribution is 0.182. The van der Waals surface area contributed by atoms with Crippen molar-refractivity contribution in [2.24, 2.45) is 0 Å². The quantitative estimate of drug-likeness (QED) is 0.671. The molecule has 0 aliphatic carbocycles. The normalized spacial score (nSPS) is 11.7. The minimum absolute atomic E-state index is 0.0628. The maximum atomic E-state index is 12.7. The number of carbonyl (C=O) groups excluding carboxylic acids is 1. The molecule has 0 spiro atoms. The number of amides is 2. The van der Waals surface area contributed by atoms with Crippen LogP contribution in [-0.2, 0) is 6.54 Å². The molecule has 1 unspecified atom stereocenters. The first-order valence-electron chi connectivity index (χ1n) is 9.39. The molecule has 1 aromatic heterocycles. The average Bonchev–Trinajstić information content (AvgIpc) is 3.22. The monoisotopic (exact) mass is 378 g/mol. The summed E-state index contributed by atoms with van der Waals surface area (Å²) in [5.41, 5.74) is 2.97. The van der Waals surface area contributed by atoms with Crippen LogP contribution in [-0.4, -0.2) is 34.4 Å². The molecule has 0 bridgehead atoms. The highest BCUT2D eigenvalue weighted by molar-refractivity contribution is 5.74. The summed E-state index contributed by atoms with van der Waals surface area (Å²) in [6, 6.07) is 17.5. The van der Waals surface area contributed by atoms with Crippen LogP contribution in [0.15, 0.2) is 67.0 Å². The fourth-order valence-electron chi connectivity index (χ4n) is 3.13. The number of aromatic nitrogens is 2. The van der Waals surface area contributed by atoms with E-state index in [-0.39, 0.29) is 12.1 Å². The number of carbonyl (C=O) groups is 1. The maximum Gasteiger partial charge on any atom is 0.318 e. The molecule has 0 aliphatic heterocycles. The number of rotatable bonds is 7. The number of para-hydroxylation sites is 1. The summed E-state index contributed by atoms with van der Waals surface area (Å²) in [4.78, 5) is 14.6. The fourth-order valence-corrected chi connectivity index (χ4v) is 3.13. The molecule has 0 saturated carbocycles. The molecule has 2 aromatic carbocycles. The Labute approximate surface area is 165 Å². The Kier molecular flexibility index (Phi) is 6.32. The molecular formula is C22H26N4O2. The number of methoxy groups -OCH3 is 1. The molecule has 1 heterocycles. The number of nitrogens with one attached hydrogen (secondary N) is 1. The summed E-state index contributed by atoms with van der Waals surface area (Å²) in [7, 11) is 1.64. The third kappa shape index (κ3) is 4.52. The molecule has 3 rings (SSSR count). The van der Waals surface area contributed by atoms with Crippen molar-refractivity contribution < 1.29 is 9.53 Å². The first-order chi connectivity index (χ1) is 13.6. The second-order valence-corrected chi connectivity index (χ2v) is 6.53. The van der Waals surface area contributed by atoms with E-state index in [4.69, 9.17) is 4.74 Å². The van der Waals surface area contributed by atoms with Crippen LogP contribution in [0.25, 0.3) is 5.69 Å². The van der Waals surface area contributed by atoms with Crippen molar-refractivity contribution in [3.63, 3.8) is 0 Å². The van der Waals surface area contributed by atoms with E-state index in [1.165, 1.54) is 0 Å². The molecule has 1 atom stereocenters. The Bertz CT molecular complexity index is 908. The van der Waals surface area contributed by atoms with Crippen LogP contribution in [0.2, 0.25) is 0 Å². The summed E-state index contributed by atoms with van der Waals surface area (Å²) in [6.45, 7) is 5.02. The zero-order chi connectivity index (χ0) is 19.9. The molecule has 6 heteroatoms. The summed E-state index contributed by atoms with van der Waals surface area (Å²) in [5.74, 6) is 0.786. The molecule has 0 aliphatic rings. The van der Waals surface area contributed by atoms with E-state index in [0.29, 0.717) is 13.1 Å². The van der Waals surface area contributed by atoms with Gasteiger partial charge in [0.15, 0.2) is 0 Å². The smallest absolute Gasteiger partial charge is 0.318 e. The van der Waals surface area contributed by atoms with Gasteiger partial charge in [-0.15, -0.1) is 0 Å². The largest absolute Gasteiger partial charge is 0.497 e. The van der Waals surface area contributed by atoms with Crippen LogP contribution in [0.4, 0.5) is 4.79 Å². The zero-order valence-electron chi connectivity index (χ0n) is 16.5. The SMILES string of the molecule is CCN(C(=O)NCc1cnn(-c2ccccc2)c1)C(C)c1cccc(OC)c1. The van der Waals surface area contributed by atoms with Gasteiger partial charge < -0.3 is 15.0 Å². The van der Waals surface area contributed by atoms with Gasteiger partial charge in [-0.1, -0.05) is 30.3 Å². The molecule has 0 fully saturated rings. The van der Waals surface area contributed by atoms with Gasteiger partial charge in [0.25, 0.3) is 0 Å². The molecule has 0 saturated heterocycles. The number of hydrogen-bond acceptors (Lipinski definition) is 3. The molecule has 28 heavy (non-hydrogen) atoms. The van der Waals surface area contributed by atoms with E-state index in [9.17, 15) is 4.79 Å². The van der Waals surface area contributed by atoms with Gasteiger partial charge in [-0.3, -0.25) is 0 Å². The highest BCUT2D eigenvalue weighted by Crippen LogP contribution is 2.24. The number of nitrogens with zero attached hydrogens (tertiary/aromatic N) is 3. The molecule has 2 amide bonds. The molecule has 6 nitrogen and oxygen atoms in total. The highest BCUT2D eigenvalue weighted by atomic mass is 16.5. The second kappa shape index (κ2) is 9.08. The van der Waals surface area contributed by atoms with Crippen molar-refractivity contribution in [2.75, 3.05) is 13.7 Å². The number of ether oxygens (including phenoxy) is 1. The molecule has 146 valence electrons. The summed E-state index contributed by atoms with van der Waals surface area (Å²) >= 11 is 0. The van der Waals surface area contributed by atoms with Gasteiger partial charge in [-0.25, -0.2) is 9.48 Å². The van der Waals surface area contributed by atoms with E-state index in [1.807, 2.05) is 74.6 Å². The third-order valence-corrected chi connectivity index (χ3v) is 4.75. The van der Waals surface area contributed by atoms with E-state index in [1.54, 1.807) is 22.9 Å². The lowest BCUT2D eigenvalue weighted by Crippen LogP contribution is -2.41. The van der Waals surface area contributed by atoms with Gasteiger partial charge in [0.2, 0.25) is 0 Å². The van der Waals surface area contributed by atoms with Crippen molar-refractivity contribution in [1.82, 2.24) is 20.0 Å². The number of benzene rings is 2. The van der Waals surface area contributed by atoms with Crippen molar-refractivity contribution in [3.8, 4) is 11.4 Å². The topological polar surface area (TPSA) is 59.4 Å². The Morgan fingerprint density at radius 3 is 2.71 bits per heavy atom. The van der Waals surface area contributed by atoms with Crippen LogP contribution in [0, 0.1) is 0 Å². The van der Waals surface area contributed by atoms with Crippen molar-refractivity contribution in [2.45, 2.75) is 26.4 Å². The second-order valence-electron chi connectivity index (χ2n) is 6.53. The number of hydrogen-bond donors (Lipinski definition) is 1. The Balaban J connectivity index is 1.63. The Morgan fingerprint density at radius 2 is 2.00 bits per heavy atom. The lowest BCUT2D eigenvalue weighted by atomic mass is 10.1. The predicted octanol–water partition coefficient (Wildman–Crippen LogP) is 4.17. The third-order valence-electron chi connectivity index (χ3n) is 4.75. The van der Waals surface area contributed by atoms with E-state index >= 15 is 0 Å². The Hall–Kier alpha value is -3.28. The summed E-state index contributed by atoms with van der Waals surface area (Å²) in [6.07, 6.45) is 3.70. The zero-order valence-corrected chi connectivity index (χ0v) is 16.5. The minimum atomic E-state index is -0.106. The van der Waals surface area contributed by atoms with Gasteiger partial charge in [-0.2, -0.15) is 5.10 Å². The standard InChI is InChI=1S/C22H26N4O2/c1-4-25(17(2)19-9-8-12-21(13-19)28-3)22(27)23-14-18-15-24-26(16-18)20-10-6-5-7-11-20/h5-13,15-17H,4,14H2,1-3H3,(H,23,27). The van der Waals surface area contributed by atoms with Gasteiger partial charge >= 0.3 is 6.03 Å². The van der Waals surface area contributed by atoms with E-state index in [0.717, 1.165) is 22.6 Å². The molecular weight excluding hydrogens is 352 g/mol. The number of urea groups is 1. The fraction of sp³-hybridized carbons (Fsp3) is 0.273. The van der Waals surface area contributed by atoms with Crippen molar-refractivity contribution >= 4 is 6.03 Å². The van der Waals surface area contributed by atoms with Gasteiger partial charge in [-0.05, 0) is 43.7 Å². The highest BCUT2D eigenvalue weighted by Gasteiger charge is 2.20. The van der Waals surface area contributed by atoms with Gasteiger partial charge in [0, 0.05) is 24.8 Å². The molecule has 3 aromatic rings. The van der Waals surface area contributed by atoms with Crippen LogP contribution in [0.1, 0.15) is 31.0 Å². The minimum Gasteiger partial charge on any atom is -0.497 e. The van der Waals surface area contributed by atoms with Crippen molar-refractivity contribution in [3.05, 3.63) is 78.1 Å². The molecule has 1 N–H and O–H groups in total. The van der Waals surface area contributed by atoms with E-state index < -0.39 is 0 Å². The van der Waals surface area contributed by atoms with Crippen LogP contribution in [0.3, 0.4) is 0 Å². The summed E-state index contributed by atoms with van der Waals surface area (Å²) in [5, 5.41) is 7.37. The van der Waals surface area contributed by atoms with Crippen LogP contribution >= 0.6 is 0 Å². The lowest BCUT2D eigenvalue weighted by Gasteiger charge is -2.28. The maximum absolute atomic E-state index is 12.7.